The van der Waals surface area contributed by atoms with Gasteiger partial charge in [-0.1, -0.05) is 146 Å². The molecule has 0 fully saturated rings. The van der Waals surface area contributed by atoms with Gasteiger partial charge in [-0.2, -0.15) is 9.97 Å². The molecule has 0 spiro atoms. The molecule has 0 saturated carbocycles. The van der Waals surface area contributed by atoms with E-state index in [9.17, 15) is 0 Å². The Bertz CT molecular complexity index is 3870. The second kappa shape index (κ2) is 14.1. The molecule has 13 aromatic rings. The van der Waals surface area contributed by atoms with Crippen molar-refractivity contribution in [2.45, 2.75) is 0 Å². The number of benzene rings is 8. The van der Waals surface area contributed by atoms with E-state index in [-0.39, 0.29) is 0 Å². The smallest absolute Gasteiger partial charge is 0.238 e. The van der Waals surface area contributed by atoms with E-state index in [1.807, 2.05) is 90.2 Å². The Balaban J connectivity index is 1.00. The second-order valence-corrected chi connectivity index (χ2v) is 16.7. The van der Waals surface area contributed by atoms with Crippen molar-refractivity contribution >= 4 is 75.4 Å². The molecule has 294 valence electrons. The molecule has 7 nitrogen and oxygen atoms in total. The maximum absolute atomic E-state index is 6.60. The molecule has 0 saturated heterocycles. The predicted octanol–water partition coefficient (Wildman–Crippen LogP) is 14.4. The summed E-state index contributed by atoms with van der Waals surface area (Å²) in [4.78, 5) is 25.8. The molecule has 0 aliphatic heterocycles. The molecule has 0 bridgehead atoms. The Labute approximate surface area is 364 Å². The van der Waals surface area contributed by atoms with Gasteiger partial charge in [0.2, 0.25) is 5.95 Å². The van der Waals surface area contributed by atoms with Crippen LogP contribution in [0.5, 0.6) is 0 Å². The lowest BCUT2D eigenvalue weighted by atomic mass is 9.99. The summed E-state index contributed by atoms with van der Waals surface area (Å²) in [5.41, 5.74) is 10.9. The largest absolute Gasteiger partial charge is 0.452 e. The van der Waals surface area contributed by atoms with Gasteiger partial charge in [-0.25, -0.2) is 15.0 Å². The summed E-state index contributed by atoms with van der Waals surface area (Å²) in [6.07, 6.45) is 0. The first-order chi connectivity index (χ1) is 31.2. The van der Waals surface area contributed by atoms with E-state index in [1.54, 1.807) is 0 Å². The number of hydrogen-bond acceptors (Lipinski definition) is 7. The zero-order valence-corrected chi connectivity index (χ0v) is 34.3. The van der Waals surface area contributed by atoms with Gasteiger partial charge < -0.3 is 4.42 Å². The van der Waals surface area contributed by atoms with Crippen molar-refractivity contribution < 1.29 is 4.42 Å². The third kappa shape index (κ3) is 5.76. The highest BCUT2D eigenvalue weighted by atomic mass is 32.1. The molecular formula is C55H32N6OS. The van der Waals surface area contributed by atoms with Gasteiger partial charge in [0.25, 0.3) is 0 Å². The summed E-state index contributed by atoms with van der Waals surface area (Å²) in [7, 11) is 0. The lowest BCUT2D eigenvalue weighted by Crippen LogP contribution is -2.06. The van der Waals surface area contributed by atoms with Crippen LogP contribution in [0.25, 0.3) is 127 Å². The van der Waals surface area contributed by atoms with Gasteiger partial charge in [-0.3, -0.25) is 4.57 Å². The summed E-state index contributed by atoms with van der Waals surface area (Å²) in [6.45, 7) is 0. The third-order valence-electron chi connectivity index (χ3n) is 11.9. The van der Waals surface area contributed by atoms with Gasteiger partial charge in [0.1, 0.15) is 16.8 Å². The van der Waals surface area contributed by atoms with Gasteiger partial charge in [-0.15, -0.1) is 11.3 Å². The van der Waals surface area contributed by atoms with Crippen molar-refractivity contribution in [1.29, 1.82) is 0 Å². The molecule has 0 N–H and O–H groups in total. The summed E-state index contributed by atoms with van der Waals surface area (Å²) < 4.78 is 11.3. The average Bonchev–Trinajstić information content (AvgIpc) is 4.04. The predicted molar refractivity (Wildman–Crippen MR) is 257 cm³/mol. The van der Waals surface area contributed by atoms with E-state index in [0.29, 0.717) is 29.0 Å². The van der Waals surface area contributed by atoms with Crippen LogP contribution in [0.1, 0.15) is 0 Å². The van der Waals surface area contributed by atoms with Crippen molar-refractivity contribution in [3.05, 3.63) is 194 Å². The number of thiophene rings is 1. The van der Waals surface area contributed by atoms with Crippen LogP contribution in [0.15, 0.2) is 199 Å². The summed E-state index contributed by atoms with van der Waals surface area (Å²) in [5.74, 6) is 2.36. The molecular weight excluding hydrogens is 793 g/mol. The van der Waals surface area contributed by atoms with Crippen molar-refractivity contribution in [3.8, 4) is 62.5 Å². The van der Waals surface area contributed by atoms with E-state index < -0.39 is 0 Å². The molecule has 0 atom stereocenters. The Morgan fingerprint density at radius 1 is 0.397 bits per heavy atom. The molecule has 13 rings (SSSR count). The van der Waals surface area contributed by atoms with Crippen molar-refractivity contribution in [1.82, 2.24) is 29.5 Å². The number of aromatic nitrogens is 6. The van der Waals surface area contributed by atoms with Crippen LogP contribution < -0.4 is 0 Å². The van der Waals surface area contributed by atoms with Crippen LogP contribution in [0.2, 0.25) is 0 Å². The second-order valence-electron chi connectivity index (χ2n) is 15.6. The standard InChI is InChI=1S/C55H32N6OS/c1-3-15-33(16-4-1)52-58-53(34-17-5-2-6-18-34)60-55(59-52)61-44-26-10-7-21-39(44)43-32-37(29-30-45(43)61)54-56-48(50-49(57-54)42-23-8-11-27-46(42)62-50)36-20-13-19-35(31-36)38-24-14-25-41-40-22-9-12-28-47(40)63-51(38)41/h1-32H. The highest BCUT2D eigenvalue weighted by Gasteiger charge is 2.22. The topological polar surface area (TPSA) is 82.5 Å². The number of rotatable bonds is 6. The highest BCUT2D eigenvalue weighted by molar-refractivity contribution is 7.26. The van der Waals surface area contributed by atoms with Crippen molar-refractivity contribution in [3.63, 3.8) is 0 Å². The minimum Gasteiger partial charge on any atom is -0.452 e. The first kappa shape index (κ1) is 35.4. The Kier molecular flexibility index (Phi) is 7.94. The maximum atomic E-state index is 6.60. The van der Waals surface area contributed by atoms with E-state index in [4.69, 9.17) is 29.3 Å². The number of fused-ring (bicyclic) bond motifs is 9. The fraction of sp³-hybridized carbons (Fsp3) is 0. The summed E-state index contributed by atoms with van der Waals surface area (Å²) >= 11 is 1.83. The quantitative estimate of drug-likeness (QED) is 0.166. The zero-order chi connectivity index (χ0) is 41.4. The normalized spacial score (nSPS) is 11.8. The molecule has 5 heterocycles. The monoisotopic (exact) mass is 824 g/mol. The minimum absolute atomic E-state index is 0.540. The molecule has 63 heavy (non-hydrogen) atoms. The van der Waals surface area contributed by atoms with Gasteiger partial charge >= 0.3 is 0 Å². The Morgan fingerprint density at radius 2 is 1.02 bits per heavy atom. The van der Waals surface area contributed by atoms with Crippen LogP contribution in [0.4, 0.5) is 0 Å². The van der Waals surface area contributed by atoms with Crippen molar-refractivity contribution in [2.75, 3.05) is 0 Å². The van der Waals surface area contributed by atoms with E-state index in [2.05, 4.69) is 120 Å². The first-order valence-electron chi connectivity index (χ1n) is 20.8. The molecule has 8 aromatic carbocycles. The Hall–Kier alpha value is -8.33. The van der Waals surface area contributed by atoms with Gasteiger partial charge in [0.15, 0.2) is 23.1 Å². The minimum atomic E-state index is 0.540. The average molecular weight is 825 g/mol. The SMILES string of the molecule is c1ccc(-c2nc(-c3ccccc3)nc(-n3c4ccccc4c4cc(-c5nc(-c6cccc(-c7cccc8c7sc7ccccc78)c6)c6oc7ccccc7c6n5)ccc43)n2)cc1. The number of para-hydroxylation sites is 2. The van der Waals surface area contributed by atoms with E-state index in [1.165, 1.54) is 25.7 Å². The Morgan fingerprint density at radius 3 is 1.83 bits per heavy atom. The molecule has 0 aliphatic carbocycles. The van der Waals surface area contributed by atoms with Gasteiger partial charge in [-0.05, 0) is 59.7 Å². The molecule has 5 aromatic heterocycles. The highest BCUT2D eigenvalue weighted by Crippen LogP contribution is 2.42. The van der Waals surface area contributed by atoms with Gasteiger partial charge in [0.05, 0.1) is 11.0 Å². The molecule has 8 heteroatoms. The van der Waals surface area contributed by atoms with Crippen LogP contribution in [-0.2, 0) is 0 Å². The molecule has 0 radical (unpaired) electrons. The zero-order valence-electron chi connectivity index (χ0n) is 33.5. The number of nitrogens with zero attached hydrogens (tertiary/aromatic N) is 6. The fourth-order valence-corrected chi connectivity index (χ4v) is 10.2. The third-order valence-corrected chi connectivity index (χ3v) is 13.1. The van der Waals surface area contributed by atoms with Crippen LogP contribution in [0.3, 0.4) is 0 Å². The lowest BCUT2D eigenvalue weighted by Gasteiger charge is -2.11. The van der Waals surface area contributed by atoms with Crippen LogP contribution >= 0.6 is 11.3 Å². The van der Waals surface area contributed by atoms with Crippen LogP contribution in [0, 0.1) is 0 Å². The van der Waals surface area contributed by atoms with Crippen LogP contribution in [-0.4, -0.2) is 29.5 Å². The van der Waals surface area contributed by atoms with E-state index >= 15 is 0 Å². The summed E-state index contributed by atoms with van der Waals surface area (Å²) in [5, 5.41) is 5.59. The molecule has 0 unspecified atom stereocenters. The molecule has 0 aliphatic rings. The molecule has 0 amide bonds. The fourth-order valence-electron chi connectivity index (χ4n) is 8.95. The lowest BCUT2D eigenvalue weighted by molar-refractivity contribution is 0.667. The maximum Gasteiger partial charge on any atom is 0.238 e. The first-order valence-corrected chi connectivity index (χ1v) is 21.6. The number of furan rings is 1. The van der Waals surface area contributed by atoms with Crippen molar-refractivity contribution in [2.24, 2.45) is 0 Å². The summed E-state index contributed by atoms with van der Waals surface area (Å²) in [6, 6.07) is 66.9. The van der Waals surface area contributed by atoms with Gasteiger partial charge in [0, 0.05) is 58.6 Å². The van der Waals surface area contributed by atoms with E-state index in [0.717, 1.165) is 71.8 Å². The number of hydrogen-bond donors (Lipinski definition) is 0.